The molecule has 3 aliphatic rings. The molecule has 2 aromatic heterocycles. The normalized spacial score (nSPS) is 21.7. The van der Waals surface area contributed by atoms with Crippen molar-refractivity contribution in [2.45, 2.75) is 76.1 Å². The van der Waals surface area contributed by atoms with Crippen molar-refractivity contribution >= 4 is 43.3 Å². The first-order valence-corrected chi connectivity index (χ1v) is 17.2. The number of likely N-dealkylation sites (tertiary alicyclic amines) is 1. The summed E-state index contributed by atoms with van der Waals surface area (Å²) in [5.41, 5.74) is 0.0485. The van der Waals surface area contributed by atoms with Crippen LogP contribution in [-0.4, -0.2) is 83.7 Å². The Kier molecular flexibility index (Phi) is 7.36. The Morgan fingerprint density at radius 1 is 1.17 bits per heavy atom. The number of halogens is 3. The maximum atomic E-state index is 13.7. The summed E-state index contributed by atoms with van der Waals surface area (Å²) in [4.78, 5) is 36.4. The number of amides is 1. The van der Waals surface area contributed by atoms with E-state index in [1.165, 1.54) is 17.0 Å². The maximum Gasteiger partial charge on any atom is 0.408 e. The van der Waals surface area contributed by atoms with Crippen molar-refractivity contribution in [1.29, 1.82) is 5.41 Å². The highest BCUT2D eigenvalue weighted by Crippen LogP contribution is 2.47. The van der Waals surface area contributed by atoms with E-state index < -0.39 is 31.7 Å². The van der Waals surface area contributed by atoms with E-state index in [2.05, 4.69) is 43.2 Å². The third kappa shape index (κ3) is 5.43. The van der Waals surface area contributed by atoms with Gasteiger partial charge in [-0.1, -0.05) is 13.1 Å². The summed E-state index contributed by atoms with van der Waals surface area (Å²) < 4.78 is 45.6. The van der Waals surface area contributed by atoms with Crippen LogP contribution in [0.3, 0.4) is 0 Å². The summed E-state index contributed by atoms with van der Waals surface area (Å²) in [5.74, 6) is 1.22. The Morgan fingerprint density at radius 2 is 1.83 bits per heavy atom. The first-order valence-electron chi connectivity index (χ1n) is 13.8. The smallest absolute Gasteiger partial charge is 0.408 e. The number of rotatable bonds is 5. The van der Waals surface area contributed by atoms with Crippen LogP contribution in [0.25, 0.3) is 0 Å². The Balaban J connectivity index is 1.40. The Hall–Kier alpha value is -3.49. The zero-order valence-corrected chi connectivity index (χ0v) is 25.0. The fourth-order valence-electron chi connectivity index (χ4n) is 5.67. The molecule has 1 amide bonds. The van der Waals surface area contributed by atoms with E-state index in [1.807, 2.05) is 0 Å². The molecule has 3 aliphatic heterocycles. The van der Waals surface area contributed by atoms with Crippen LogP contribution >= 0.6 is 0 Å². The zero-order valence-electron chi connectivity index (χ0n) is 24.0. The van der Waals surface area contributed by atoms with Crippen LogP contribution in [0.15, 0.2) is 12.4 Å². The second-order valence-electron chi connectivity index (χ2n) is 12.1. The summed E-state index contributed by atoms with van der Waals surface area (Å²) in [6.45, 7) is 9.91. The molecule has 0 aromatic carbocycles. The highest BCUT2D eigenvalue weighted by molar-refractivity contribution is 6.77. The van der Waals surface area contributed by atoms with Crippen molar-refractivity contribution in [2.75, 3.05) is 41.8 Å². The average molecular weight is 592 g/mol. The Morgan fingerprint density at radius 3 is 2.44 bits per heavy atom. The molecule has 222 valence electrons. The third-order valence-electron chi connectivity index (χ3n) is 8.26. The molecule has 0 unspecified atom stereocenters. The van der Waals surface area contributed by atoms with Gasteiger partial charge in [0.2, 0.25) is 11.9 Å². The lowest BCUT2D eigenvalue weighted by Crippen LogP contribution is -2.45. The van der Waals surface area contributed by atoms with E-state index in [0.717, 1.165) is 18.0 Å². The van der Waals surface area contributed by atoms with Gasteiger partial charge in [-0.05, 0) is 38.8 Å². The monoisotopic (exact) mass is 591 g/mol. The van der Waals surface area contributed by atoms with E-state index in [-0.39, 0.29) is 31.3 Å². The van der Waals surface area contributed by atoms with Gasteiger partial charge in [0.1, 0.15) is 17.7 Å². The van der Waals surface area contributed by atoms with E-state index in [0.29, 0.717) is 35.3 Å². The number of carbonyl (C=O) groups is 1. The number of fused-ring (bicyclic) bond motifs is 1. The first kappa shape index (κ1) is 29.0. The predicted octanol–water partition coefficient (Wildman–Crippen LogP) is 4.27. The lowest BCUT2D eigenvalue weighted by Gasteiger charge is -2.35. The molecule has 5 rings (SSSR count). The van der Waals surface area contributed by atoms with Gasteiger partial charge in [0, 0.05) is 26.7 Å². The van der Waals surface area contributed by atoms with E-state index in [9.17, 15) is 18.0 Å². The highest BCUT2D eigenvalue weighted by atomic mass is 28.3. The standard InChI is InChI=1S/C26H36F3N9O2Si/c1-25(2)19-20(31-3)34-18(15-40-23(30)37-8-6-7-17(37)26(27,28)29)35-21(19)38(22(25)39)16-13-32-24(33-14-16)36-9-11-41(4,5)12-10-36/h13-14,17,30H,6-12,15H2,1-5H3,(H,31,34,35)/t17-/m0/s1. The highest BCUT2D eigenvalue weighted by Gasteiger charge is 2.49. The molecule has 2 aromatic rings. The van der Waals surface area contributed by atoms with Gasteiger partial charge in [0.05, 0.1) is 37.1 Å². The molecule has 41 heavy (non-hydrogen) atoms. The minimum absolute atomic E-state index is 0.0828. The minimum atomic E-state index is -4.45. The lowest BCUT2D eigenvalue weighted by molar-refractivity contribution is -0.169. The van der Waals surface area contributed by atoms with Crippen molar-refractivity contribution in [2.24, 2.45) is 0 Å². The van der Waals surface area contributed by atoms with E-state index >= 15 is 0 Å². The number of ether oxygens (including phenoxy) is 1. The molecule has 2 N–H and O–H groups in total. The Bertz CT molecular complexity index is 1330. The molecule has 2 saturated heterocycles. The van der Waals surface area contributed by atoms with Crippen molar-refractivity contribution in [3.63, 3.8) is 0 Å². The number of aromatic nitrogens is 4. The van der Waals surface area contributed by atoms with E-state index in [1.54, 1.807) is 33.3 Å². The predicted molar refractivity (Wildman–Crippen MR) is 151 cm³/mol. The molecular formula is C26H36F3N9O2Si. The van der Waals surface area contributed by atoms with Gasteiger partial charge >= 0.3 is 6.18 Å². The molecule has 0 saturated carbocycles. The summed E-state index contributed by atoms with van der Waals surface area (Å²) in [7, 11) is 0.507. The van der Waals surface area contributed by atoms with Crippen LogP contribution < -0.4 is 15.1 Å². The van der Waals surface area contributed by atoms with Crippen molar-refractivity contribution in [1.82, 2.24) is 24.8 Å². The van der Waals surface area contributed by atoms with Gasteiger partial charge in [0.15, 0.2) is 12.4 Å². The van der Waals surface area contributed by atoms with Crippen LogP contribution in [-0.2, 0) is 21.6 Å². The second kappa shape index (κ2) is 10.4. The number of nitrogens with zero attached hydrogens (tertiary/aromatic N) is 7. The molecule has 1 atom stereocenters. The number of nitrogens with one attached hydrogen (secondary N) is 2. The van der Waals surface area contributed by atoms with Crippen LogP contribution in [0.2, 0.25) is 25.2 Å². The summed E-state index contributed by atoms with van der Waals surface area (Å²) >= 11 is 0. The van der Waals surface area contributed by atoms with Gasteiger partial charge < -0.3 is 19.9 Å². The Labute approximate surface area is 238 Å². The van der Waals surface area contributed by atoms with Crippen LogP contribution in [0, 0.1) is 5.41 Å². The van der Waals surface area contributed by atoms with Gasteiger partial charge in [-0.2, -0.15) is 13.2 Å². The number of hydrogen-bond donors (Lipinski definition) is 2. The largest absolute Gasteiger partial charge is 0.457 e. The van der Waals surface area contributed by atoms with Gasteiger partial charge in [0.25, 0.3) is 6.02 Å². The van der Waals surface area contributed by atoms with Crippen LogP contribution in [0.5, 0.6) is 0 Å². The number of anilines is 4. The van der Waals surface area contributed by atoms with Crippen molar-refractivity contribution in [3.8, 4) is 0 Å². The SMILES string of the molecule is CNc1nc(COC(=N)N2CCC[C@H]2C(F)(F)F)nc2c1C(C)(C)C(=O)N2c1cnc(N2CC[Si](C)(C)CC2)nc1. The summed E-state index contributed by atoms with van der Waals surface area (Å²) in [5, 5.41) is 11.2. The third-order valence-corrected chi connectivity index (χ3v) is 11.4. The summed E-state index contributed by atoms with van der Waals surface area (Å²) in [6, 6.07) is 0.00992. The van der Waals surface area contributed by atoms with Crippen molar-refractivity contribution in [3.05, 3.63) is 23.8 Å². The number of amidine groups is 1. The molecule has 2 fully saturated rings. The number of alkyl halides is 3. The number of carbonyl (C=O) groups excluding carboxylic acids is 1. The van der Waals surface area contributed by atoms with Crippen LogP contribution in [0.1, 0.15) is 38.1 Å². The topological polar surface area (TPSA) is 123 Å². The molecule has 11 nitrogen and oxygen atoms in total. The molecule has 0 aliphatic carbocycles. The molecule has 0 spiro atoms. The lowest BCUT2D eigenvalue weighted by atomic mass is 9.87. The van der Waals surface area contributed by atoms with Gasteiger partial charge in [-0.3, -0.25) is 15.1 Å². The molecule has 5 heterocycles. The first-order chi connectivity index (χ1) is 19.2. The number of hydrogen-bond acceptors (Lipinski definition) is 9. The molecular weight excluding hydrogens is 555 g/mol. The van der Waals surface area contributed by atoms with Gasteiger partial charge in [-0.15, -0.1) is 0 Å². The van der Waals surface area contributed by atoms with E-state index in [4.69, 9.17) is 10.1 Å². The average Bonchev–Trinajstić information content (AvgIpc) is 3.49. The molecule has 15 heteroatoms. The van der Waals surface area contributed by atoms with Crippen molar-refractivity contribution < 1.29 is 22.7 Å². The maximum absolute atomic E-state index is 13.7. The quantitative estimate of drug-likeness (QED) is 0.298. The molecule has 0 radical (unpaired) electrons. The fourth-order valence-corrected chi connectivity index (χ4v) is 7.67. The fraction of sp³-hybridized carbons (Fsp3) is 0.615. The van der Waals surface area contributed by atoms with Crippen LogP contribution in [0.4, 0.5) is 36.4 Å². The second-order valence-corrected chi connectivity index (χ2v) is 17.4. The zero-order chi connectivity index (χ0) is 29.7. The minimum Gasteiger partial charge on any atom is -0.457 e. The molecule has 0 bridgehead atoms. The van der Waals surface area contributed by atoms with Gasteiger partial charge in [-0.25, -0.2) is 19.9 Å². The summed E-state index contributed by atoms with van der Waals surface area (Å²) in [6.07, 6.45) is -0.995.